The lowest BCUT2D eigenvalue weighted by atomic mass is 10.2. The van der Waals surface area contributed by atoms with Gasteiger partial charge in [-0.1, -0.05) is 12.1 Å². The summed E-state index contributed by atoms with van der Waals surface area (Å²) in [6.45, 7) is -0.319. The lowest BCUT2D eigenvalue weighted by Gasteiger charge is -2.16. The Bertz CT molecular complexity index is 1240. The number of aromatic nitrogens is 2. The Morgan fingerprint density at radius 1 is 1.28 bits per heavy atom. The molecule has 8 nitrogen and oxygen atoms in total. The third-order valence-electron chi connectivity index (χ3n) is 4.43. The maximum atomic E-state index is 12.6. The molecule has 0 atom stereocenters. The van der Waals surface area contributed by atoms with Crippen molar-refractivity contribution in [3.8, 4) is 0 Å². The van der Waals surface area contributed by atoms with E-state index < -0.39 is 18.1 Å². The molecule has 0 saturated heterocycles. The normalized spacial score (nSPS) is 11.1. The van der Waals surface area contributed by atoms with Gasteiger partial charge in [-0.25, -0.2) is 4.98 Å². The molecule has 0 fully saturated rings. The summed E-state index contributed by atoms with van der Waals surface area (Å²) < 4.78 is 11.7. The number of hydrogen-bond acceptors (Lipinski definition) is 7. The second-order valence-corrected chi connectivity index (χ2v) is 7.28. The fraction of sp³-hybridized carbons (Fsp3) is 0.200. The van der Waals surface area contributed by atoms with E-state index in [0.29, 0.717) is 17.6 Å². The highest BCUT2D eigenvalue weighted by molar-refractivity contribution is 7.07. The molecule has 0 bridgehead atoms. The van der Waals surface area contributed by atoms with Crippen LogP contribution in [0.2, 0.25) is 0 Å². The number of nitrogens with zero attached hydrogens (tertiary/aromatic N) is 3. The Balaban J connectivity index is 1.41. The minimum atomic E-state index is -0.707. The number of carbonyl (C=O) groups excluding carboxylic acids is 2. The molecule has 3 heterocycles. The van der Waals surface area contributed by atoms with E-state index >= 15 is 0 Å². The SMILES string of the molecule is CN(Cc1ccsc1)C(=O)COC(=O)Cn1cnc2c(oc3ccccc32)c1=O. The van der Waals surface area contributed by atoms with Crippen LogP contribution in [-0.4, -0.2) is 40.0 Å². The Kier molecular flexibility index (Phi) is 5.13. The lowest BCUT2D eigenvalue weighted by molar-refractivity contribution is -0.152. The van der Waals surface area contributed by atoms with Crippen molar-refractivity contribution in [1.82, 2.24) is 14.5 Å². The van der Waals surface area contributed by atoms with Crippen molar-refractivity contribution >= 4 is 45.3 Å². The van der Waals surface area contributed by atoms with E-state index in [1.54, 1.807) is 30.5 Å². The summed E-state index contributed by atoms with van der Waals surface area (Å²) in [7, 11) is 1.64. The summed E-state index contributed by atoms with van der Waals surface area (Å²) in [6, 6.07) is 9.10. The number of esters is 1. The van der Waals surface area contributed by atoms with E-state index in [0.717, 1.165) is 15.5 Å². The van der Waals surface area contributed by atoms with Gasteiger partial charge in [-0.15, -0.1) is 0 Å². The second-order valence-electron chi connectivity index (χ2n) is 6.50. The summed E-state index contributed by atoms with van der Waals surface area (Å²) in [5.74, 6) is -1.04. The molecule has 0 saturated carbocycles. The summed E-state index contributed by atoms with van der Waals surface area (Å²) in [5.41, 5.74) is 1.60. The van der Waals surface area contributed by atoms with E-state index in [2.05, 4.69) is 4.98 Å². The average molecular weight is 411 g/mol. The molecular weight excluding hydrogens is 394 g/mol. The zero-order valence-electron chi connectivity index (χ0n) is 15.5. The van der Waals surface area contributed by atoms with Gasteiger partial charge in [-0.05, 0) is 34.5 Å². The quantitative estimate of drug-likeness (QED) is 0.452. The number of thiophene rings is 1. The van der Waals surface area contributed by atoms with Crippen molar-refractivity contribution < 1.29 is 18.7 Å². The number of rotatable bonds is 6. The van der Waals surface area contributed by atoms with Crippen LogP contribution in [0.25, 0.3) is 22.1 Å². The number of para-hydroxylation sites is 1. The lowest BCUT2D eigenvalue weighted by Crippen LogP contribution is -2.32. The first-order chi connectivity index (χ1) is 14.0. The van der Waals surface area contributed by atoms with Gasteiger partial charge in [0.1, 0.15) is 17.6 Å². The predicted molar refractivity (Wildman–Crippen MR) is 108 cm³/mol. The molecule has 9 heteroatoms. The van der Waals surface area contributed by atoms with Crippen molar-refractivity contribution in [2.24, 2.45) is 0 Å². The third kappa shape index (κ3) is 3.90. The van der Waals surface area contributed by atoms with Crippen LogP contribution in [0.3, 0.4) is 0 Å². The van der Waals surface area contributed by atoms with E-state index in [1.165, 1.54) is 11.2 Å². The number of carbonyl (C=O) groups is 2. The van der Waals surface area contributed by atoms with Crippen LogP contribution in [0.4, 0.5) is 0 Å². The molecule has 4 rings (SSSR count). The zero-order valence-corrected chi connectivity index (χ0v) is 16.3. The number of hydrogen-bond donors (Lipinski definition) is 0. The van der Waals surface area contributed by atoms with Crippen LogP contribution in [0, 0.1) is 0 Å². The highest BCUT2D eigenvalue weighted by atomic mass is 32.1. The summed E-state index contributed by atoms with van der Waals surface area (Å²) >= 11 is 1.55. The predicted octanol–water partition coefficient (Wildman–Crippen LogP) is 2.41. The molecule has 1 aromatic carbocycles. The van der Waals surface area contributed by atoms with E-state index in [9.17, 15) is 14.4 Å². The second kappa shape index (κ2) is 7.88. The molecule has 0 unspecified atom stereocenters. The maximum Gasteiger partial charge on any atom is 0.326 e. The summed E-state index contributed by atoms with van der Waals surface area (Å²) in [5, 5.41) is 4.61. The molecule has 4 aromatic rings. The van der Waals surface area contributed by atoms with Crippen LogP contribution >= 0.6 is 11.3 Å². The molecule has 148 valence electrons. The van der Waals surface area contributed by atoms with Gasteiger partial charge in [0.2, 0.25) is 5.58 Å². The summed E-state index contributed by atoms with van der Waals surface area (Å²) in [4.78, 5) is 42.5. The van der Waals surface area contributed by atoms with Crippen LogP contribution < -0.4 is 5.56 Å². The van der Waals surface area contributed by atoms with Gasteiger partial charge < -0.3 is 14.1 Å². The highest BCUT2D eigenvalue weighted by Gasteiger charge is 2.16. The first kappa shape index (κ1) is 18.9. The standard InChI is InChI=1S/C20H17N3O5S/c1-22(8-13-6-7-29-11-13)16(24)10-27-17(25)9-23-12-21-18-14-4-2-3-5-15(14)28-19(18)20(23)26/h2-7,11-12H,8-10H2,1H3. The Morgan fingerprint density at radius 3 is 2.90 bits per heavy atom. The number of benzene rings is 1. The smallest absolute Gasteiger partial charge is 0.326 e. The topological polar surface area (TPSA) is 94.6 Å². The zero-order chi connectivity index (χ0) is 20.4. The minimum absolute atomic E-state index is 0.0769. The number of likely N-dealkylation sites (N-methyl/N-ethyl adjacent to an activating group) is 1. The fourth-order valence-electron chi connectivity index (χ4n) is 2.91. The van der Waals surface area contributed by atoms with Crippen molar-refractivity contribution in [2.75, 3.05) is 13.7 Å². The van der Waals surface area contributed by atoms with Gasteiger partial charge in [0.25, 0.3) is 11.5 Å². The molecule has 0 aliphatic rings. The third-order valence-corrected chi connectivity index (χ3v) is 5.16. The Morgan fingerprint density at radius 2 is 2.10 bits per heavy atom. The molecule has 29 heavy (non-hydrogen) atoms. The van der Waals surface area contributed by atoms with Crippen molar-refractivity contribution in [2.45, 2.75) is 13.1 Å². The molecule has 0 radical (unpaired) electrons. The molecule has 1 amide bonds. The number of furan rings is 1. The molecular formula is C20H17N3O5S. The van der Waals surface area contributed by atoms with Gasteiger partial charge in [0, 0.05) is 19.0 Å². The molecule has 0 aliphatic carbocycles. The molecule has 0 aliphatic heterocycles. The van der Waals surface area contributed by atoms with E-state index in [1.807, 2.05) is 29.0 Å². The van der Waals surface area contributed by atoms with Gasteiger partial charge in [-0.2, -0.15) is 11.3 Å². The van der Waals surface area contributed by atoms with Crippen LogP contribution in [-0.2, 0) is 27.4 Å². The van der Waals surface area contributed by atoms with Crippen LogP contribution in [0.1, 0.15) is 5.56 Å². The summed E-state index contributed by atoms with van der Waals surface area (Å²) in [6.07, 6.45) is 1.28. The van der Waals surface area contributed by atoms with Crippen molar-refractivity contribution in [3.05, 3.63) is 63.3 Å². The van der Waals surface area contributed by atoms with Gasteiger partial charge in [0.05, 0.1) is 6.33 Å². The van der Waals surface area contributed by atoms with Crippen LogP contribution in [0.15, 0.2) is 56.6 Å². The average Bonchev–Trinajstić information content (AvgIpc) is 3.36. The van der Waals surface area contributed by atoms with Crippen LogP contribution in [0.5, 0.6) is 0 Å². The first-order valence-electron chi connectivity index (χ1n) is 8.80. The number of amides is 1. The fourth-order valence-corrected chi connectivity index (χ4v) is 3.57. The van der Waals surface area contributed by atoms with Crippen molar-refractivity contribution in [1.29, 1.82) is 0 Å². The Hall–Kier alpha value is -3.46. The van der Waals surface area contributed by atoms with E-state index in [-0.39, 0.29) is 18.0 Å². The highest BCUT2D eigenvalue weighted by Crippen LogP contribution is 2.23. The van der Waals surface area contributed by atoms with Crippen molar-refractivity contribution in [3.63, 3.8) is 0 Å². The monoisotopic (exact) mass is 411 g/mol. The van der Waals surface area contributed by atoms with E-state index in [4.69, 9.17) is 9.15 Å². The number of ether oxygens (including phenoxy) is 1. The Labute approximate surface area is 168 Å². The van der Waals surface area contributed by atoms with Gasteiger partial charge >= 0.3 is 5.97 Å². The minimum Gasteiger partial charge on any atom is -0.454 e. The molecule has 0 N–H and O–H groups in total. The molecule has 0 spiro atoms. The van der Waals surface area contributed by atoms with Gasteiger partial charge in [-0.3, -0.25) is 19.0 Å². The maximum absolute atomic E-state index is 12.6. The number of fused-ring (bicyclic) bond motifs is 3. The first-order valence-corrected chi connectivity index (χ1v) is 9.74. The molecule has 3 aromatic heterocycles. The largest absolute Gasteiger partial charge is 0.454 e. The van der Waals surface area contributed by atoms with Gasteiger partial charge in [0.15, 0.2) is 6.61 Å².